The topological polar surface area (TPSA) is 63.8 Å². The average Bonchev–Trinajstić information content (AvgIpc) is 2.35. The third kappa shape index (κ3) is 4.51. The maximum Gasteiger partial charge on any atom is 0.146 e. The Labute approximate surface area is 97.0 Å². The molecule has 1 unspecified atom stereocenters. The van der Waals surface area contributed by atoms with Crippen LogP contribution in [0, 0.1) is 0 Å². The van der Waals surface area contributed by atoms with Crippen LogP contribution in [0.2, 0.25) is 0 Å². The zero-order valence-corrected chi connectivity index (χ0v) is 9.60. The summed E-state index contributed by atoms with van der Waals surface area (Å²) in [6.07, 6.45) is 11.0. The van der Waals surface area contributed by atoms with Crippen molar-refractivity contribution < 1.29 is 0 Å². The van der Waals surface area contributed by atoms with Crippen LogP contribution in [0.25, 0.3) is 0 Å². The fourth-order valence-corrected chi connectivity index (χ4v) is 1.59. The van der Waals surface area contributed by atoms with E-state index in [2.05, 4.69) is 22.0 Å². The minimum Gasteiger partial charge on any atom is -0.271 e. The van der Waals surface area contributed by atoms with E-state index in [0.29, 0.717) is 0 Å². The first-order valence-corrected chi connectivity index (χ1v) is 5.72. The van der Waals surface area contributed by atoms with E-state index in [1.807, 2.05) is 6.08 Å². The highest BCUT2D eigenvalue weighted by Crippen LogP contribution is 2.15. The molecule has 4 nitrogen and oxygen atoms in total. The van der Waals surface area contributed by atoms with Crippen LogP contribution in [-0.2, 0) is 0 Å². The molecule has 3 N–H and O–H groups in total. The Bertz CT molecular complexity index is 286. The molecule has 4 heteroatoms. The molecule has 0 spiro atoms. The van der Waals surface area contributed by atoms with Gasteiger partial charge < -0.3 is 0 Å². The second-order valence-electron chi connectivity index (χ2n) is 3.75. The van der Waals surface area contributed by atoms with Gasteiger partial charge in [-0.15, -0.1) is 6.58 Å². The molecule has 0 aromatic carbocycles. The summed E-state index contributed by atoms with van der Waals surface area (Å²) in [5.74, 6) is 6.27. The molecule has 0 aliphatic carbocycles. The summed E-state index contributed by atoms with van der Waals surface area (Å²) < 4.78 is 0. The predicted molar refractivity (Wildman–Crippen MR) is 65.4 cm³/mol. The number of hydrogen-bond donors (Lipinski definition) is 2. The average molecular weight is 220 g/mol. The molecular weight excluding hydrogens is 200 g/mol. The Morgan fingerprint density at radius 1 is 1.31 bits per heavy atom. The Morgan fingerprint density at radius 3 is 2.69 bits per heavy atom. The first-order chi connectivity index (χ1) is 7.88. The van der Waals surface area contributed by atoms with Crippen molar-refractivity contribution in [3.8, 4) is 0 Å². The molecule has 0 radical (unpaired) electrons. The van der Waals surface area contributed by atoms with E-state index < -0.39 is 0 Å². The summed E-state index contributed by atoms with van der Waals surface area (Å²) in [4.78, 5) is 8.39. The normalized spacial score (nSPS) is 12.3. The largest absolute Gasteiger partial charge is 0.271 e. The minimum absolute atomic E-state index is 0.0601. The summed E-state index contributed by atoms with van der Waals surface area (Å²) >= 11 is 0. The third-order valence-corrected chi connectivity index (χ3v) is 2.50. The molecule has 16 heavy (non-hydrogen) atoms. The number of unbranched alkanes of at least 4 members (excludes halogenated alkanes) is 3. The second-order valence-corrected chi connectivity index (χ2v) is 3.75. The summed E-state index contributed by atoms with van der Waals surface area (Å²) in [6.45, 7) is 3.70. The lowest BCUT2D eigenvalue weighted by Crippen LogP contribution is -2.29. The molecule has 1 atom stereocenters. The van der Waals surface area contributed by atoms with Crippen LogP contribution >= 0.6 is 0 Å². The third-order valence-electron chi connectivity index (χ3n) is 2.50. The van der Waals surface area contributed by atoms with Gasteiger partial charge in [-0.25, -0.2) is 15.4 Å². The lowest BCUT2D eigenvalue weighted by Gasteiger charge is -2.13. The van der Waals surface area contributed by atoms with Crippen molar-refractivity contribution in [2.75, 3.05) is 0 Å². The molecule has 1 rings (SSSR count). The Hall–Kier alpha value is -1.26. The van der Waals surface area contributed by atoms with E-state index in [0.717, 1.165) is 25.1 Å². The lowest BCUT2D eigenvalue weighted by molar-refractivity contribution is 0.463. The van der Waals surface area contributed by atoms with E-state index in [-0.39, 0.29) is 6.04 Å². The van der Waals surface area contributed by atoms with Gasteiger partial charge in [0.15, 0.2) is 0 Å². The molecule has 0 saturated carbocycles. The Kier molecular flexibility index (Phi) is 6.37. The van der Waals surface area contributed by atoms with E-state index in [1.54, 1.807) is 18.5 Å². The van der Waals surface area contributed by atoms with Gasteiger partial charge in [0.05, 0.1) is 6.04 Å². The summed E-state index contributed by atoms with van der Waals surface area (Å²) in [5.41, 5.74) is 2.76. The Morgan fingerprint density at radius 2 is 2.06 bits per heavy atom. The highest BCUT2D eigenvalue weighted by Gasteiger charge is 2.10. The molecule has 88 valence electrons. The van der Waals surface area contributed by atoms with Gasteiger partial charge >= 0.3 is 0 Å². The fourth-order valence-electron chi connectivity index (χ4n) is 1.59. The zero-order chi connectivity index (χ0) is 11.6. The minimum atomic E-state index is 0.0601. The van der Waals surface area contributed by atoms with Crippen molar-refractivity contribution >= 4 is 0 Å². The van der Waals surface area contributed by atoms with Crippen molar-refractivity contribution in [2.45, 2.75) is 38.1 Å². The van der Waals surface area contributed by atoms with E-state index >= 15 is 0 Å². The molecule has 0 fully saturated rings. The molecule has 0 saturated heterocycles. The summed E-state index contributed by atoms with van der Waals surface area (Å²) in [7, 11) is 0. The van der Waals surface area contributed by atoms with Crippen LogP contribution in [0.5, 0.6) is 0 Å². The van der Waals surface area contributed by atoms with E-state index in [4.69, 9.17) is 5.84 Å². The number of nitrogens with zero attached hydrogens (tertiary/aromatic N) is 2. The molecule has 1 aromatic rings. The van der Waals surface area contributed by atoms with E-state index in [9.17, 15) is 0 Å². The van der Waals surface area contributed by atoms with Crippen LogP contribution in [0.3, 0.4) is 0 Å². The number of rotatable bonds is 8. The van der Waals surface area contributed by atoms with Crippen molar-refractivity contribution in [3.63, 3.8) is 0 Å². The standard InChI is InChI=1S/C12H20N4/c1-2-3-4-5-6-8-11(16-13)12-14-9-7-10-15-12/h2,7,9-11,16H,1,3-6,8,13H2. The van der Waals surface area contributed by atoms with Crippen LogP contribution < -0.4 is 11.3 Å². The first kappa shape index (κ1) is 12.8. The number of hydrazine groups is 1. The SMILES string of the molecule is C=CCCCCCC(NN)c1ncccn1. The van der Waals surface area contributed by atoms with Crippen LogP contribution in [0.15, 0.2) is 31.1 Å². The van der Waals surface area contributed by atoms with Gasteiger partial charge in [0, 0.05) is 12.4 Å². The Balaban J connectivity index is 2.30. The van der Waals surface area contributed by atoms with Crippen molar-refractivity contribution in [1.82, 2.24) is 15.4 Å². The van der Waals surface area contributed by atoms with Crippen molar-refractivity contribution in [3.05, 3.63) is 36.9 Å². The molecule has 0 aliphatic rings. The van der Waals surface area contributed by atoms with Gasteiger partial charge in [-0.3, -0.25) is 5.84 Å². The number of hydrogen-bond acceptors (Lipinski definition) is 4. The smallest absolute Gasteiger partial charge is 0.146 e. The highest BCUT2D eigenvalue weighted by atomic mass is 15.2. The number of nitrogens with one attached hydrogen (secondary N) is 1. The molecule has 1 heterocycles. The number of nitrogens with two attached hydrogens (primary N) is 1. The van der Waals surface area contributed by atoms with Crippen LogP contribution in [0.4, 0.5) is 0 Å². The second kappa shape index (κ2) is 7.96. The fraction of sp³-hybridized carbons (Fsp3) is 0.500. The van der Waals surface area contributed by atoms with Gasteiger partial charge in [0.2, 0.25) is 0 Å². The van der Waals surface area contributed by atoms with Crippen molar-refractivity contribution in [1.29, 1.82) is 0 Å². The van der Waals surface area contributed by atoms with Gasteiger partial charge in [-0.05, 0) is 25.3 Å². The monoisotopic (exact) mass is 220 g/mol. The first-order valence-electron chi connectivity index (χ1n) is 5.72. The van der Waals surface area contributed by atoms with E-state index in [1.165, 1.54) is 12.8 Å². The lowest BCUT2D eigenvalue weighted by atomic mass is 10.1. The predicted octanol–water partition coefficient (Wildman–Crippen LogP) is 2.12. The quantitative estimate of drug-likeness (QED) is 0.305. The molecule has 0 bridgehead atoms. The number of allylic oxidation sites excluding steroid dienone is 1. The molecular formula is C12H20N4. The maximum absolute atomic E-state index is 5.50. The van der Waals surface area contributed by atoms with Gasteiger partial charge in [0.1, 0.15) is 5.82 Å². The van der Waals surface area contributed by atoms with Gasteiger partial charge in [-0.1, -0.05) is 18.9 Å². The maximum atomic E-state index is 5.50. The van der Waals surface area contributed by atoms with Gasteiger partial charge in [0.25, 0.3) is 0 Å². The molecule has 0 aliphatic heterocycles. The van der Waals surface area contributed by atoms with Gasteiger partial charge in [-0.2, -0.15) is 0 Å². The molecule has 0 amide bonds. The van der Waals surface area contributed by atoms with Crippen LogP contribution in [0.1, 0.15) is 44.0 Å². The zero-order valence-electron chi connectivity index (χ0n) is 9.60. The van der Waals surface area contributed by atoms with Crippen molar-refractivity contribution in [2.24, 2.45) is 5.84 Å². The summed E-state index contributed by atoms with van der Waals surface area (Å²) in [5, 5.41) is 0. The number of aromatic nitrogens is 2. The summed E-state index contributed by atoms with van der Waals surface area (Å²) in [6, 6.07) is 1.87. The highest BCUT2D eigenvalue weighted by molar-refractivity contribution is 4.94. The van der Waals surface area contributed by atoms with Crippen LogP contribution in [-0.4, -0.2) is 9.97 Å². The molecule has 1 aromatic heterocycles.